The van der Waals surface area contributed by atoms with Gasteiger partial charge in [0.1, 0.15) is 11.6 Å². The normalized spacial score (nSPS) is 10.2. The Morgan fingerprint density at radius 3 is 2.44 bits per heavy atom. The van der Waals surface area contributed by atoms with Crippen molar-refractivity contribution in [3.05, 3.63) is 47.9 Å². The van der Waals surface area contributed by atoms with E-state index in [0.717, 1.165) is 6.07 Å². The Kier molecular flexibility index (Phi) is 3.33. The van der Waals surface area contributed by atoms with E-state index < -0.39 is 17.5 Å². The number of halogens is 3. The second-order valence-corrected chi connectivity index (χ2v) is 3.45. The first-order valence-electron chi connectivity index (χ1n) is 4.94. The Balaban J connectivity index is 2.30. The summed E-state index contributed by atoms with van der Waals surface area (Å²) in [5, 5.41) is 2.60. The number of benzene rings is 1. The topological polar surface area (TPSA) is 63.0 Å². The van der Waals surface area contributed by atoms with Crippen molar-refractivity contribution in [1.29, 1.82) is 0 Å². The molecule has 7 heteroatoms. The van der Waals surface area contributed by atoms with Gasteiger partial charge in [-0.1, -0.05) is 0 Å². The smallest absolute Gasteiger partial charge is 0.161 e. The SMILES string of the molecule is NNc1cc(Nc2cc(F)c(F)cc2F)ccn1. The van der Waals surface area contributed by atoms with Crippen LogP contribution in [0.2, 0.25) is 0 Å². The predicted molar refractivity (Wildman–Crippen MR) is 61.6 cm³/mol. The number of hydrazine groups is 1. The van der Waals surface area contributed by atoms with E-state index in [4.69, 9.17) is 5.84 Å². The van der Waals surface area contributed by atoms with Crippen LogP contribution in [0.3, 0.4) is 0 Å². The van der Waals surface area contributed by atoms with Crippen molar-refractivity contribution < 1.29 is 13.2 Å². The zero-order chi connectivity index (χ0) is 13.1. The molecule has 0 saturated heterocycles. The van der Waals surface area contributed by atoms with E-state index in [1.54, 1.807) is 0 Å². The van der Waals surface area contributed by atoms with Crippen LogP contribution in [0.1, 0.15) is 0 Å². The minimum Gasteiger partial charge on any atom is -0.353 e. The maximum absolute atomic E-state index is 13.4. The number of hydrogen-bond acceptors (Lipinski definition) is 4. The lowest BCUT2D eigenvalue weighted by atomic mass is 10.2. The summed E-state index contributed by atoms with van der Waals surface area (Å²) in [7, 11) is 0. The van der Waals surface area contributed by atoms with Crippen molar-refractivity contribution >= 4 is 17.2 Å². The third-order valence-corrected chi connectivity index (χ3v) is 2.20. The minimum absolute atomic E-state index is 0.178. The van der Waals surface area contributed by atoms with Gasteiger partial charge in [0.05, 0.1) is 5.69 Å². The van der Waals surface area contributed by atoms with E-state index in [0.29, 0.717) is 17.6 Å². The van der Waals surface area contributed by atoms with Gasteiger partial charge in [0, 0.05) is 30.1 Å². The van der Waals surface area contributed by atoms with Crippen LogP contribution in [0.4, 0.5) is 30.4 Å². The Morgan fingerprint density at radius 2 is 1.72 bits per heavy atom. The first-order valence-corrected chi connectivity index (χ1v) is 4.94. The largest absolute Gasteiger partial charge is 0.353 e. The van der Waals surface area contributed by atoms with E-state index in [9.17, 15) is 13.2 Å². The molecule has 0 spiro atoms. The molecule has 2 rings (SSSR count). The summed E-state index contributed by atoms with van der Waals surface area (Å²) in [6, 6.07) is 4.23. The highest BCUT2D eigenvalue weighted by atomic mass is 19.2. The summed E-state index contributed by atoms with van der Waals surface area (Å²) < 4.78 is 39.1. The first kappa shape index (κ1) is 12.2. The summed E-state index contributed by atoms with van der Waals surface area (Å²) in [6.07, 6.45) is 1.43. The molecule has 18 heavy (non-hydrogen) atoms. The second-order valence-electron chi connectivity index (χ2n) is 3.45. The lowest BCUT2D eigenvalue weighted by Gasteiger charge is -2.09. The van der Waals surface area contributed by atoms with Crippen molar-refractivity contribution in [3.63, 3.8) is 0 Å². The van der Waals surface area contributed by atoms with E-state index in [1.807, 2.05) is 0 Å². The van der Waals surface area contributed by atoms with Gasteiger partial charge >= 0.3 is 0 Å². The van der Waals surface area contributed by atoms with Gasteiger partial charge in [0.15, 0.2) is 11.6 Å². The molecule has 0 bridgehead atoms. The average molecular weight is 254 g/mol. The Hall–Kier alpha value is -2.28. The fraction of sp³-hybridized carbons (Fsp3) is 0. The molecule has 0 fully saturated rings. The molecule has 0 atom stereocenters. The van der Waals surface area contributed by atoms with Gasteiger partial charge in [-0.3, -0.25) is 0 Å². The molecule has 0 aliphatic carbocycles. The Morgan fingerprint density at radius 1 is 1.00 bits per heavy atom. The van der Waals surface area contributed by atoms with Gasteiger partial charge in [-0.05, 0) is 6.07 Å². The highest BCUT2D eigenvalue weighted by Gasteiger charge is 2.10. The predicted octanol–water partition coefficient (Wildman–Crippen LogP) is 2.53. The minimum atomic E-state index is -1.24. The number of nitrogen functional groups attached to an aromatic ring is 1. The number of aromatic nitrogens is 1. The number of nitrogens with one attached hydrogen (secondary N) is 2. The highest BCUT2D eigenvalue weighted by molar-refractivity contribution is 5.62. The molecule has 0 aliphatic rings. The van der Waals surface area contributed by atoms with Crippen molar-refractivity contribution in [3.8, 4) is 0 Å². The number of anilines is 3. The summed E-state index contributed by atoms with van der Waals surface area (Å²) in [6.45, 7) is 0. The number of nitrogens with two attached hydrogens (primary N) is 1. The summed E-state index contributed by atoms with van der Waals surface area (Å²) in [5.41, 5.74) is 2.56. The van der Waals surface area contributed by atoms with E-state index >= 15 is 0 Å². The molecule has 4 N–H and O–H groups in total. The first-order chi connectivity index (χ1) is 8.60. The number of pyridine rings is 1. The Labute approximate surface area is 101 Å². The van der Waals surface area contributed by atoms with Gasteiger partial charge < -0.3 is 10.7 Å². The fourth-order valence-electron chi connectivity index (χ4n) is 1.36. The zero-order valence-corrected chi connectivity index (χ0v) is 9.05. The molecule has 2 aromatic rings. The van der Waals surface area contributed by atoms with Crippen LogP contribution >= 0.6 is 0 Å². The molecule has 1 heterocycles. The molecule has 1 aromatic carbocycles. The van der Waals surface area contributed by atoms with Crippen LogP contribution in [-0.2, 0) is 0 Å². The molecule has 0 radical (unpaired) electrons. The van der Waals surface area contributed by atoms with Gasteiger partial charge in [-0.15, -0.1) is 0 Å². The fourth-order valence-corrected chi connectivity index (χ4v) is 1.36. The molecular formula is C11H9F3N4. The number of nitrogens with zero attached hydrogens (tertiary/aromatic N) is 1. The monoisotopic (exact) mass is 254 g/mol. The quantitative estimate of drug-likeness (QED) is 0.447. The second kappa shape index (κ2) is 4.92. The third-order valence-electron chi connectivity index (χ3n) is 2.20. The molecule has 1 aromatic heterocycles. The molecule has 0 amide bonds. The van der Waals surface area contributed by atoms with Crippen LogP contribution in [0.25, 0.3) is 0 Å². The average Bonchev–Trinajstić information content (AvgIpc) is 2.36. The van der Waals surface area contributed by atoms with Crippen molar-refractivity contribution in [2.45, 2.75) is 0 Å². The van der Waals surface area contributed by atoms with E-state index in [2.05, 4.69) is 15.7 Å². The van der Waals surface area contributed by atoms with Crippen LogP contribution in [-0.4, -0.2) is 4.98 Å². The summed E-state index contributed by atoms with van der Waals surface area (Å²) in [5.74, 6) is 2.24. The van der Waals surface area contributed by atoms with Gasteiger partial charge in [0.25, 0.3) is 0 Å². The summed E-state index contributed by atoms with van der Waals surface area (Å²) >= 11 is 0. The van der Waals surface area contributed by atoms with Crippen molar-refractivity contribution in [2.24, 2.45) is 5.84 Å². The maximum atomic E-state index is 13.4. The van der Waals surface area contributed by atoms with Crippen LogP contribution in [0, 0.1) is 17.5 Å². The van der Waals surface area contributed by atoms with Crippen LogP contribution in [0.15, 0.2) is 30.5 Å². The number of hydrogen-bond donors (Lipinski definition) is 3. The molecule has 0 unspecified atom stereocenters. The van der Waals surface area contributed by atoms with Gasteiger partial charge in [0.2, 0.25) is 0 Å². The zero-order valence-electron chi connectivity index (χ0n) is 9.05. The highest BCUT2D eigenvalue weighted by Crippen LogP contribution is 2.23. The molecule has 4 nitrogen and oxygen atoms in total. The van der Waals surface area contributed by atoms with E-state index in [-0.39, 0.29) is 5.69 Å². The van der Waals surface area contributed by atoms with Crippen LogP contribution in [0.5, 0.6) is 0 Å². The maximum Gasteiger partial charge on any atom is 0.161 e. The summed E-state index contributed by atoms with van der Waals surface area (Å²) in [4.78, 5) is 3.85. The van der Waals surface area contributed by atoms with Gasteiger partial charge in [-0.2, -0.15) is 0 Å². The van der Waals surface area contributed by atoms with E-state index in [1.165, 1.54) is 18.3 Å². The standard InChI is InChI=1S/C11H9F3N4/c12-7-4-9(14)10(5-8(7)13)17-6-1-2-16-11(3-6)18-15/h1-5H,15H2,(H2,16,17,18). The van der Waals surface area contributed by atoms with Crippen molar-refractivity contribution in [1.82, 2.24) is 4.98 Å². The van der Waals surface area contributed by atoms with Crippen molar-refractivity contribution in [2.75, 3.05) is 10.7 Å². The van der Waals surface area contributed by atoms with Gasteiger partial charge in [-0.25, -0.2) is 24.0 Å². The lowest BCUT2D eigenvalue weighted by Crippen LogP contribution is -2.08. The Bertz CT molecular complexity index is 574. The molecule has 0 aliphatic heterocycles. The molecule has 94 valence electrons. The molecule has 0 saturated carbocycles. The third kappa shape index (κ3) is 2.51. The molecular weight excluding hydrogens is 245 g/mol. The number of rotatable bonds is 3. The van der Waals surface area contributed by atoms with Crippen LogP contribution < -0.4 is 16.6 Å². The lowest BCUT2D eigenvalue weighted by molar-refractivity contribution is 0.496.